The monoisotopic (exact) mass is 379 g/mol. The fraction of sp³-hybridized carbons (Fsp3) is 0.294. The minimum absolute atomic E-state index is 0.112. The van der Waals surface area contributed by atoms with E-state index in [0.717, 1.165) is 4.47 Å². The van der Waals surface area contributed by atoms with Crippen molar-refractivity contribution in [2.24, 2.45) is 0 Å². The number of H-pyrrole nitrogens is 1. The molecule has 1 N–H and O–H groups in total. The van der Waals surface area contributed by atoms with Crippen LogP contribution in [-0.4, -0.2) is 30.0 Å². The van der Waals surface area contributed by atoms with Crippen molar-refractivity contribution in [2.75, 3.05) is 13.2 Å². The van der Waals surface area contributed by atoms with E-state index in [2.05, 4.69) is 20.9 Å². The zero-order valence-electron chi connectivity index (χ0n) is 13.2. The van der Waals surface area contributed by atoms with Crippen molar-refractivity contribution in [3.05, 3.63) is 51.3 Å². The number of hydrogen-bond acceptors (Lipinski definition) is 4. The maximum Gasteiger partial charge on any atom is 0.340 e. The predicted octanol–water partition coefficient (Wildman–Crippen LogP) is 3.83. The lowest BCUT2D eigenvalue weighted by Gasteiger charge is -2.06. The molecule has 0 atom stereocenters. The lowest BCUT2D eigenvalue weighted by Crippen LogP contribution is -2.13. The first kappa shape index (κ1) is 17.3. The van der Waals surface area contributed by atoms with E-state index in [0.29, 0.717) is 28.3 Å². The molecule has 0 amide bonds. The number of aryl methyl sites for hydroxylation is 1. The van der Waals surface area contributed by atoms with Crippen molar-refractivity contribution in [1.29, 1.82) is 0 Å². The van der Waals surface area contributed by atoms with Crippen LogP contribution in [0.4, 0.5) is 0 Å². The molecule has 0 saturated carbocycles. The molecule has 0 aliphatic carbocycles. The summed E-state index contributed by atoms with van der Waals surface area (Å²) in [6.07, 6.45) is 0. The summed E-state index contributed by atoms with van der Waals surface area (Å²) in [5.41, 5.74) is 1.99. The van der Waals surface area contributed by atoms with Gasteiger partial charge >= 0.3 is 5.97 Å². The Labute approximate surface area is 143 Å². The van der Waals surface area contributed by atoms with Gasteiger partial charge in [-0.1, -0.05) is 22.0 Å². The van der Waals surface area contributed by atoms with Crippen molar-refractivity contribution in [2.45, 2.75) is 20.8 Å². The molecule has 0 aliphatic rings. The molecule has 0 fully saturated rings. The molecule has 1 aromatic carbocycles. The second-order valence-electron chi connectivity index (χ2n) is 5.01. The summed E-state index contributed by atoms with van der Waals surface area (Å²) < 4.78 is 11.4. The number of carbonyl (C=O) groups is 2. The van der Waals surface area contributed by atoms with Crippen LogP contribution >= 0.6 is 15.9 Å². The van der Waals surface area contributed by atoms with Crippen LogP contribution in [0.2, 0.25) is 0 Å². The van der Waals surface area contributed by atoms with E-state index in [-0.39, 0.29) is 19.0 Å². The molecule has 23 heavy (non-hydrogen) atoms. The zero-order chi connectivity index (χ0) is 17.0. The number of aromatic amines is 1. The first-order valence-electron chi connectivity index (χ1n) is 7.21. The molecule has 0 aliphatic heterocycles. The molecule has 0 saturated heterocycles. The highest BCUT2D eigenvalue weighted by Crippen LogP contribution is 2.21. The Morgan fingerprint density at radius 1 is 1.26 bits per heavy atom. The molecule has 0 bridgehead atoms. The van der Waals surface area contributed by atoms with Crippen molar-refractivity contribution < 1.29 is 19.1 Å². The molecule has 5 nitrogen and oxygen atoms in total. The maximum atomic E-state index is 12.3. The number of benzene rings is 1. The van der Waals surface area contributed by atoms with Gasteiger partial charge < -0.3 is 14.5 Å². The van der Waals surface area contributed by atoms with Crippen LogP contribution in [-0.2, 0) is 4.74 Å². The number of Topliss-reactive ketones (excluding diaryl/α,β-unsaturated/α-hetero) is 1. The van der Waals surface area contributed by atoms with Gasteiger partial charge in [-0.05, 0) is 44.5 Å². The summed E-state index contributed by atoms with van der Waals surface area (Å²) >= 11 is 3.35. The number of nitrogens with one attached hydrogen (secondary N) is 1. The summed E-state index contributed by atoms with van der Waals surface area (Å²) in [6, 6.07) is 7.25. The van der Waals surface area contributed by atoms with Gasteiger partial charge in [0.1, 0.15) is 5.75 Å². The molecule has 0 unspecified atom stereocenters. The molecule has 122 valence electrons. The van der Waals surface area contributed by atoms with Gasteiger partial charge in [-0.25, -0.2) is 4.79 Å². The van der Waals surface area contributed by atoms with E-state index in [1.165, 1.54) is 0 Å². The summed E-state index contributed by atoms with van der Waals surface area (Å²) in [5, 5.41) is 0. The first-order chi connectivity index (χ1) is 10.9. The third-order valence-electron chi connectivity index (χ3n) is 3.36. The van der Waals surface area contributed by atoms with Gasteiger partial charge in [-0.15, -0.1) is 0 Å². The number of esters is 1. The van der Waals surface area contributed by atoms with Gasteiger partial charge in [0.25, 0.3) is 0 Å². The van der Waals surface area contributed by atoms with E-state index in [4.69, 9.17) is 9.47 Å². The Bertz CT molecular complexity index is 736. The standard InChI is InChI=1S/C17H18BrNO4/c1-4-22-17(21)15-10(2)16(19-11(15)3)14(20)9-23-13-7-5-6-12(18)8-13/h5-8,19H,4,9H2,1-3H3. The largest absolute Gasteiger partial charge is 0.485 e. The van der Waals surface area contributed by atoms with Crippen molar-refractivity contribution in [1.82, 2.24) is 4.98 Å². The molecule has 1 aromatic heterocycles. The molecule has 6 heteroatoms. The fourth-order valence-corrected chi connectivity index (χ4v) is 2.69. The van der Waals surface area contributed by atoms with E-state index < -0.39 is 5.97 Å². The lowest BCUT2D eigenvalue weighted by atomic mass is 10.1. The maximum absolute atomic E-state index is 12.3. The van der Waals surface area contributed by atoms with Crippen LogP contribution in [0.5, 0.6) is 5.75 Å². The Morgan fingerprint density at radius 3 is 2.65 bits per heavy atom. The highest BCUT2D eigenvalue weighted by Gasteiger charge is 2.22. The van der Waals surface area contributed by atoms with Crippen LogP contribution in [0.15, 0.2) is 28.7 Å². The number of aromatic nitrogens is 1. The Kier molecular flexibility index (Phi) is 5.60. The van der Waals surface area contributed by atoms with Crippen LogP contribution in [0.25, 0.3) is 0 Å². The predicted molar refractivity (Wildman–Crippen MR) is 90.2 cm³/mol. The van der Waals surface area contributed by atoms with Crippen LogP contribution in [0.3, 0.4) is 0 Å². The smallest absolute Gasteiger partial charge is 0.340 e. The summed E-state index contributed by atoms with van der Waals surface area (Å²) in [6.45, 7) is 5.39. The van der Waals surface area contributed by atoms with E-state index in [1.54, 1.807) is 32.9 Å². The average Bonchev–Trinajstić information content (AvgIpc) is 2.80. The highest BCUT2D eigenvalue weighted by atomic mass is 79.9. The Hall–Kier alpha value is -2.08. The third-order valence-corrected chi connectivity index (χ3v) is 3.86. The fourth-order valence-electron chi connectivity index (χ4n) is 2.32. The van der Waals surface area contributed by atoms with Gasteiger partial charge in [0.15, 0.2) is 6.61 Å². The number of hydrogen-bond donors (Lipinski definition) is 1. The summed E-state index contributed by atoms with van der Waals surface area (Å²) in [4.78, 5) is 27.3. The molecule has 0 spiro atoms. The summed E-state index contributed by atoms with van der Waals surface area (Å²) in [7, 11) is 0. The highest BCUT2D eigenvalue weighted by molar-refractivity contribution is 9.10. The van der Waals surface area contributed by atoms with Gasteiger partial charge in [-0.3, -0.25) is 4.79 Å². The van der Waals surface area contributed by atoms with E-state index in [1.807, 2.05) is 12.1 Å². The Morgan fingerprint density at radius 2 is 2.00 bits per heavy atom. The van der Waals surface area contributed by atoms with Crippen LogP contribution in [0, 0.1) is 13.8 Å². The number of carbonyl (C=O) groups excluding carboxylic acids is 2. The van der Waals surface area contributed by atoms with Crippen LogP contribution < -0.4 is 4.74 Å². The second kappa shape index (κ2) is 7.46. The third kappa shape index (κ3) is 4.01. The minimum atomic E-state index is -0.425. The van der Waals surface area contributed by atoms with Gasteiger partial charge in [0.2, 0.25) is 5.78 Å². The van der Waals surface area contributed by atoms with Crippen molar-refractivity contribution in [3.8, 4) is 5.75 Å². The van der Waals surface area contributed by atoms with Gasteiger partial charge in [-0.2, -0.15) is 0 Å². The minimum Gasteiger partial charge on any atom is -0.485 e. The number of rotatable bonds is 6. The topological polar surface area (TPSA) is 68.4 Å². The van der Waals surface area contributed by atoms with E-state index >= 15 is 0 Å². The molecule has 0 radical (unpaired) electrons. The first-order valence-corrected chi connectivity index (χ1v) is 8.01. The molecule has 2 rings (SSSR count). The zero-order valence-corrected chi connectivity index (χ0v) is 14.8. The van der Waals surface area contributed by atoms with Crippen molar-refractivity contribution >= 4 is 27.7 Å². The van der Waals surface area contributed by atoms with Crippen molar-refractivity contribution in [3.63, 3.8) is 0 Å². The van der Waals surface area contributed by atoms with Gasteiger partial charge in [0, 0.05) is 10.2 Å². The molecule has 2 aromatic rings. The van der Waals surface area contributed by atoms with E-state index in [9.17, 15) is 9.59 Å². The number of ether oxygens (including phenoxy) is 2. The average molecular weight is 380 g/mol. The second-order valence-corrected chi connectivity index (χ2v) is 5.93. The van der Waals surface area contributed by atoms with Crippen LogP contribution in [0.1, 0.15) is 39.0 Å². The number of halogens is 1. The molecule has 1 heterocycles. The SMILES string of the molecule is CCOC(=O)c1c(C)[nH]c(C(=O)COc2cccc(Br)c2)c1C. The normalized spacial score (nSPS) is 10.4. The molecular weight excluding hydrogens is 362 g/mol. The summed E-state index contributed by atoms with van der Waals surface area (Å²) in [5.74, 6) is -0.0499. The Balaban J connectivity index is 2.14. The lowest BCUT2D eigenvalue weighted by molar-refractivity contribution is 0.0525. The quantitative estimate of drug-likeness (QED) is 0.611. The van der Waals surface area contributed by atoms with Gasteiger partial charge in [0.05, 0.1) is 17.9 Å². The molecular formula is C17H18BrNO4. The number of ketones is 1.